The van der Waals surface area contributed by atoms with Crippen molar-refractivity contribution in [1.82, 2.24) is 10.0 Å². The Hall–Kier alpha value is -1.44. The first-order valence-corrected chi connectivity index (χ1v) is 10.3. The van der Waals surface area contributed by atoms with Gasteiger partial charge in [0.1, 0.15) is 0 Å². The average Bonchev–Trinajstić information content (AvgIpc) is 2.83. The molecule has 0 unspecified atom stereocenters. The van der Waals surface area contributed by atoms with Crippen molar-refractivity contribution in [2.24, 2.45) is 0 Å². The van der Waals surface area contributed by atoms with E-state index in [0.717, 1.165) is 25.7 Å². The first-order chi connectivity index (χ1) is 11.9. The molecule has 2 rings (SSSR count). The molecule has 1 atom stereocenters. The Morgan fingerprint density at radius 1 is 1.16 bits per heavy atom. The zero-order valence-corrected chi connectivity index (χ0v) is 15.8. The molecule has 2 N–H and O–H groups in total. The van der Waals surface area contributed by atoms with E-state index in [0.29, 0.717) is 12.2 Å². The molecule has 7 heteroatoms. The molecule has 1 fully saturated rings. The number of carbonyl (C=O) groups excluding carboxylic acids is 1. The van der Waals surface area contributed by atoms with E-state index in [-0.39, 0.29) is 22.9 Å². The summed E-state index contributed by atoms with van der Waals surface area (Å²) in [6.45, 7) is 2.02. The van der Waals surface area contributed by atoms with Crippen molar-refractivity contribution in [2.75, 3.05) is 13.7 Å². The van der Waals surface area contributed by atoms with Gasteiger partial charge in [-0.15, -0.1) is 0 Å². The number of benzene rings is 1. The quantitative estimate of drug-likeness (QED) is 0.724. The van der Waals surface area contributed by atoms with Crippen molar-refractivity contribution in [3.8, 4) is 0 Å². The van der Waals surface area contributed by atoms with Crippen molar-refractivity contribution in [1.29, 1.82) is 0 Å². The first kappa shape index (κ1) is 19.9. The number of ether oxygens (including phenoxy) is 1. The summed E-state index contributed by atoms with van der Waals surface area (Å²) in [6.07, 6.45) is 6.78. The molecule has 0 bridgehead atoms. The van der Waals surface area contributed by atoms with Gasteiger partial charge in [0.15, 0.2) is 0 Å². The molecule has 0 aliphatic heterocycles. The maximum absolute atomic E-state index is 12.4. The van der Waals surface area contributed by atoms with E-state index in [4.69, 9.17) is 4.74 Å². The minimum atomic E-state index is -3.62. The van der Waals surface area contributed by atoms with Gasteiger partial charge in [-0.05, 0) is 44.0 Å². The van der Waals surface area contributed by atoms with Crippen LogP contribution in [0, 0.1) is 0 Å². The minimum Gasteiger partial charge on any atom is -0.383 e. The molecule has 1 aromatic rings. The highest BCUT2D eigenvalue weighted by atomic mass is 32.2. The molecule has 25 heavy (non-hydrogen) atoms. The van der Waals surface area contributed by atoms with Crippen LogP contribution in [0.5, 0.6) is 0 Å². The summed E-state index contributed by atoms with van der Waals surface area (Å²) < 4.78 is 32.1. The fourth-order valence-electron chi connectivity index (χ4n) is 3.09. The van der Waals surface area contributed by atoms with Crippen LogP contribution in [0.15, 0.2) is 29.2 Å². The Balaban J connectivity index is 1.99. The average molecular weight is 368 g/mol. The molecular weight excluding hydrogens is 340 g/mol. The monoisotopic (exact) mass is 368 g/mol. The number of hydrogen-bond donors (Lipinski definition) is 2. The number of sulfonamides is 1. The van der Waals surface area contributed by atoms with Crippen molar-refractivity contribution in [2.45, 2.75) is 62.4 Å². The van der Waals surface area contributed by atoms with E-state index in [1.165, 1.54) is 32.1 Å². The molecule has 0 spiro atoms. The molecule has 0 aromatic heterocycles. The van der Waals surface area contributed by atoms with Crippen LogP contribution in [0.25, 0.3) is 0 Å². The molecule has 0 saturated heterocycles. The predicted octanol–water partition coefficient (Wildman–Crippen LogP) is 2.45. The smallest absolute Gasteiger partial charge is 0.251 e. The summed E-state index contributed by atoms with van der Waals surface area (Å²) in [4.78, 5) is 12.5. The second-order valence-corrected chi connectivity index (χ2v) is 8.38. The lowest BCUT2D eigenvalue weighted by Gasteiger charge is -2.16. The van der Waals surface area contributed by atoms with E-state index < -0.39 is 10.0 Å². The third-order valence-corrected chi connectivity index (χ3v) is 6.00. The van der Waals surface area contributed by atoms with Gasteiger partial charge in [0.2, 0.25) is 10.0 Å². The topological polar surface area (TPSA) is 84.5 Å². The number of carbonyl (C=O) groups is 1. The van der Waals surface area contributed by atoms with E-state index in [2.05, 4.69) is 10.0 Å². The fourth-order valence-corrected chi connectivity index (χ4v) is 4.32. The van der Waals surface area contributed by atoms with Crippen molar-refractivity contribution < 1.29 is 17.9 Å². The van der Waals surface area contributed by atoms with Gasteiger partial charge in [-0.1, -0.05) is 25.7 Å². The highest BCUT2D eigenvalue weighted by Crippen LogP contribution is 2.18. The van der Waals surface area contributed by atoms with Gasteiger partial charge in [-0.3, -0.25) is 4.79 Å². The molecule has 1 amide bonds. The van der Waals surface area contributed by atoms with Crippen molar-refractivity contribution >= 4 is 15.9 Å². The van der Waals surface area contributed by atoms with Crippen LogP contribution in [-0.2, 0) is 14.8 Å². The van der Waals surface area contributed by atoms with Gasteiger partial charge in [0.05, 0.1) is 11.5 Å². The number of rotatable bonds is 7. The molecule has 0 heterocycles. The maximum atomic E-state index is 12.4. The highest BCUT2D eigenvalue weighted by Gasteiger charge is 2.19. The molecule has 1 saturated carbocycles. The molecule has 0 radical (unpaired) electrons. The van der Waals surface area contributed by atoms with Gasteiger partial charge in [-0.2, -0.15) is 0 Å². The molecule has 6 nitrogen and oxygen atoms in total. The standard InChI is InChI=1S/C18H28N2O4S/c1-14(13-24-2)20-25(22,23)17-11-9-15(10-12-17)18(21)19-16-7-5-3-4-6-8-16/h9-12,14,16,20H,3-8,13H2,1-2H3,(H,19,21)/t14-/m1/s1. The SMILES string of the molecule is COC[C@@H](C)NS(=O)(=O)c1ccc(C(=O)NC2CCCCCC2)cc1. The molecule has 1 aliphatic carbocycles. The second-order valence-electron chi connectivity index (χ2n) is 6.66. The van der Waals surface area contributed by atoms with Crippen LogP contribution in [0.1, 0.15) is 55.8 Å². The van der Waals surface area contributed by atoms with Crippen LogP contribution in [0.4, 0.5) is 0 Å². The van der Waals surface area contributed by atoms with Crippen LogP contribution in [0.2, 0.25) is 0 Å². The molecule has 1 aromatic carbocycles. The van der Waals surface area contributed by atoms with Crippen LogP contribution in [0.3, 0.4) is 0 Å². The number of amides is 1. The lowest BCUT2D eigenvalue weighted by molar-refractivity contribution is 0.0933. The number of methoxy groups -OCH3 is 1. The largest absolute Gasteiger partial charge is 0.383 e. The molecule has 1 aliphatic rings. The maximum Gasteiger partial charge on any atom is 0.251 e. The Morgan fingerprint density at radius 2 is 1.76 bits per heavy atom. The summed E-state index contributed by atoms with van der Waals surface area (Å²) in [5, 5.41) is 3.06. The van der Waals surface area contributed by atoms with E-state index in [1.807, 2.05) is 0 Å². The zero-order chi connectivity index (χ0) is 18.3. The van der Waals surface area contributed by atoms with Crippen LogP contribution in [-0.4, -0.2) is 40.1 Å². The Morgan fingerprint density at radius 3 is 2.32 bits per heavy atom. The fraction of sp³-hybridized carbons (Fsp3) is 0.611. The van der Waals surface area contributed by atoms with Crippen LogP contribution < -0.4 is 10.0 Å². The van der Waals surface area contributed by atoms with E-state index in [9.17, 15) is 13.2 Å². The Labute approximate surface area is 150 Å². The van der Waals surface area contributed by atoms with Crippen molar-refractivity contribution in [3.63, 3.8) is 0 Å². The zero-order valence-electron chi connectivity index (χ0n) is 15.0. The van der Waals surface area contributed by atoms with Crippen molar-refractivity contribution in [3.05, 3.63) is 29.8 Å². The van der Waals surface area contributed by atoms with Gasteiger partial charge in [0.25, 0.3) is 5.91 Å². The van der Waals surface area contributed by atoms with E-state index >= 15 is 0 Å². The Kier molecular flexibility index (Phi) is 7.40. The predicted molar refractivity (Wildman–Crippen MR) is 97.1 cm³/mol. The van der Waals surface area contributed by atoms with Gasteiger partial charge < -0.3 is 10.1 Å². The molecule has 140 valence electrons. The van der Waals surface area contributed by atoms with Gasteiger partial charge in [-0.25, -0.2) is 13.1 Å². The highest BCUT2D eigenvalue weighted by molar-refractivity contribution is 7.89. The summed E-state index contributed by atoms with van der Waals surface area (Å²) >= 11 is 0. The lowest BCUT2D eigenvalue weighted by atomic mass is 10.1. The summed E-state index contributed by atoms with van der Waals surface area (Å²) in [6, 6.07) is 5.93. The van der Waals surface area contributed by atoms with Gasteiger partial charge >= 0.3 is 0 Å². The van der Waals surface area contributed by atoms with Crippen LogP contribution >= 0.6 is 0 Å². The minimum absolute atomic E-state index is 0.140. The van der Waals surface area contributed by atoms with Gasteiger partial charge in [0, 0.05) is 24.8 Å². The first-order valence-electron chi connectivity index (χ1n) is 8.84. The lowest BCUT2D eigenvalue weighted by Crippen LogP contribution is -2.36. The number of nitrogens with one attached hydrogen (secondary N) is 2. The molecular formula is C18H28N2O4S. The third-order valence-electron chi connectivity index (χ3n) is 4.39. The normalized spacial score (nSPS) is 17.7. The second kappa shape index (κ2) is 9.31. The number of hydrogen-bond acceptors (Lipinski definition) is 4. The summed E-state index contributed by atoms with van der Waals surface area (Å²) in [7, 11) is -2.10. The van der Waals surface area contributed by atoms with E-state index in [1.54, 1.807) is 19.1 Å². The third kappa shape index (κ3) is 6.09. The summed E-state index contributed by atoms with van der Waals surface area (Å²) in [5.41, 5.74) is 0.480. The Bertz CT molecular complexity index is 650. The summed E-state index contributed by atoms with van der Waals surface area (Å²) in [5.74, 6) is -0.142.